The molecular weight excluding hydrogens is 416 g/mol. The molecule has 1 N–H and O–H groups in total. The van der Waals surface area contributed by atoms with Gasteiger partial charge in [0.1, 0.15) is 11.5 Å². The Hall–Kier alpha value is -2.40. The second-order valence-electron chi connectivity index (χ2n) is 8.70. The molecular formula is C25H31ClO5. The highest BCUT2D eigenvalue weighted by atomic mass is 35.5. The van der Waals surface area contributed by atoms with Crippen molar-refractivity contribution >= 4 is 29.6 Å². The standard InChI is InChI=1S/C25H31ClO5/c1-14(11-12-25(6)15(2)8-10-21(29)17(25)4)7-9-19-23(30)20(13-27)16(3)22(26)24(19)31-18(5)28/h7,11-13,15,17,30H,8-10H2,1-6H3/b12-11+,14-7+/t15-,17+,25+/m1/s1. The van der Waals surface area contributed by atoms with Crippen LogP contribution in [0.15, 0.2) is 23.8 Å². The summed E-state index contributed by atoms with van der Waals surface area (Å²) in [4.78, 5) is 35.2. The molecule has 2 rings (SSSR count). The minimum Gasteiger partial charge on any atom is -0.507 e. The number of aromatic hydroxyl groups is 1. The van der Waals surface area contributed by atoms with E-state index in [0.29, 0.717) is 30.0 Å². The Bertz CT molecular complexity index is 959. The Labute approximate surface area is 189 Å². The third-order valence-corrected chi connectivity index (χ3v) is 7.20. The summed E-state index contributed by atoms with van der Waals surface area (Å²) >= 11 is 6.33. The Morgan fingerprint density at radius 2 is 1.97 bits per heavy atom. The van der Waals surface area contributed by atoms with Crippen molar-refractivity contribution < 1.29 is 24.2 Å². The molecule has 0 unspecified atom stereocenters. The number of ketones is 1. The molecule has 1 aromatic rings. The molecule has 31 heavy (non-hydrogen) atoms. The zero-order chi connectivity index (χ0) is 23.5. The predicted octanol–water partition coefficient (Wildman–Crippen LogP) is 5.78. The summed E-state index contributed by atoms with van der Waals surface area (Å²) in [6.07, 6.45) is 8.20. The maximum atomic E-state index is 12.2. The van der Waals surface area contributed by atoms with Crippen LogP contribution in [-0.4, -0.2) is 23.1 Å². The number of aldehydes is 1. The van der Waals surface area contributed by atoms with Crippen LogP contribution in [0.4, 0.5) is 0 Å². The number of benzene rings is 1. The fraction of sp³-hybridized carbons (Fsp3) is 0.480. The molecule has 0 bridgehead atoms. The van der Waals surface area contributed by atoms with Gasteiger partial charge in [0, 0.05) is 24.8 Å². The highest BCUT2D eigenvalue weighted by molar-refractivity contribution is 6.33. The molecule has 1 saturated carbocycles. The maximum Gasteiger partial charge on any atom is 0.308 e. The summed E-state index contributed by atoms with van der Waals surface area (Å²) < 4.78 is 5.25. The van der Waals surface area contributed by atoms with Crippen LogP contribution in [-0.2, 0) is 16.0 Å². The first-order chi connectivity index (χ1) is 14.4. The smallest absolute Gasteiger partial charge is 0.308 e. The first kappa shape index (κ1) is 24.9. The van der Waals surface area contributed by atoms with Crippen molar-refractivity contribution in [1.29, 1.82) is 0 Å². The third kappa shape index (κ3) is 5.09. The summed E-state index contributed by atoms with van der Waals surface area (Å²) in [5, 5.41) is 10.7. The van der Waals surface area contributed by atoms with E-state index in [0.717, 1.165) is 12.0 Å². The first-order valence-corrected chi connectivity index (χ1v) is 10.9. The van der Waals surface area contributed by atoms with E-state index in [1.54, 1.807) is 6.92 Å². The van der Waals surface area contributed by atoms with Crippen molar-refractivity contribution in [3.63, 3.8) is 0 Å². The maximum absolute atomic E-state index is 12.2. The van der Waals surface area contributed by atoms with Crippen LogP contribution in [0.25, 0.3) is 0 Å². The lowest BCUT2D eigenvalue weighted by atomic mass is 9.61. The van der Waals surface area contributed by atoms with Crippen molar-refractivity contribution in [2.75, 3.05) is 0 Å². The van der Waals surface area contributed by atoms with Crippen LogP contribution >= 0.6 is 11.6 Å². The number of allylic oxidation sites excluding steroid dienone is 4. The Morgan fingerprint density at radius 3 is 2.55 bits per heavy atom. The number of hydrogen-bond acceptors (Lipinski definition) is 5. The van der Waals surface area contributed by atoms with Gasteiger partial charge in [-0.15, -0.1) is 0 Å². The van der Waals surface area contributed by atoms with Crippen LogP contribution in [0.1, 0.15) is 68.9 Å². The molecule has 5 nitrogen and oxygen atoms in total. The number of phenols is 1. The lowest BCUT2D eigenvalue weighted by Crippen LogP contribution is -2.40. The van der Waals surface area contributed by atoms with E-state index in [2.05, 4.69) is 19.9 Å². The molecule has 0 amide bonds. The average molecular weight is 447 g/mol. The Balaban J connectivity index is 2.39. The van der Waals surface area contributed by atoms with E-state index in [-0.39, 0.29) is 45.4 Å². The van der Waals surface area contributed by atoms with Crippen molar-refractivity contribution in [2.45, 2.75) is 60.8 Å². The minimum absolute atomic E-state index is 0.0500. The number of phenolic OH excluding ortho intramolecular Hbond substituents is 1. The number of hydrogen-bond donors (Lipinski definition) is 1. The SMILES string of the molecule is CC(=O)Oc1c(Cl)c(C)c(C=O)c(O)c1C/C=C(C)/C=C/[C@@]1(C)[C@H](C)CCC(=O)[C@@H]1C. The van der Waals surface area contributed by atoms with Gasteiger partial charge in [0.2, 0.25) is 0 Å². The first-order valence-electron chi connectivity index (χ1n) is 10.5. The molecule has 1 aliphatic rings. The van der Waals surface area contributed by atoms with Gasteiger partial charge in [-0.3, -0.25) is 14.4 Å². The minimum atomic E-state index is -0.570. The number of Topliss-reactive ketones (excluding diaryl/α,β-unsaturated/α-hetero) is 1. The molecule has 0 aliphatic heterocycles. The quantitative estimate of drug-likeness (QED) is 0.259. The Kier molecular flexibility index (Phi) is 7.87. The molecule has 0 aromatic heterocycles. The second-order valence-corrected chi connectivity index (χ2v) is 9.08. The van der Waals surface area contributed by atoms with Gasteiger partial charge in [-0.05, 0) is 43.6 Å². The Morgan fingerprint density at radius 1 is 1.32 bits per heavy atom. The monoisotopic (exact) mass is 446 g/mol. The van der Waals surface area contributed by atoms with Crippen molar-refractivity contribution in [3.05, 3.63) is 45.5 Å². The number of rotatable bonds is 6. The van der Waals surface area contributed by atoms with Crippen LogP contribution in [0.5, 0.6) is 11.5 Å². The molecule has 0 heterocycles. The molecule has 6 heteroatoms. The molecule has 0 radical (unpaired) electrons. The summed E-state index contributed by atoms with van der Waals surface area (Å²) in [6.45, 7) is 11.0. The van der Waals surface area contributed by atoms with Crippen LogP contribution in [0, 0.1) is 24.2 Å². The van der Waals surface area contributed by atoms with Gasteiger partial charge in [-0.25, -0.2) is 0 Å². The number of carbonyl (C=O) groups excluding carboxylic acids is 3. The van der Waals surface area contributed by atoms with Gasteiger partial charge in [0.05, 0.1) is 10.6 Å². The van der Waals surface area contributed by atoms with Crippen LogP contribution in [0.2, 0.25) is 5.02 Å². The fourth-order valence-electron chi connectivity index (χ4n) is 4.06. The van der Waals surface area contributed by atoms with Crippen LogP contribution in [0.3, 0.4) is 0 Å². The van der Waals surface area contributed by atoms with E-state index in [4.69, 9.17) is 16.3 Å². The molecule has 1 aliphatic carbocycles. The van der Waals surface area contributed by atoms with E-state index in [1.165, 1.54) is 6.92 Å². The lowest BCUT2D eigenvalue weighted by Gasteiger charge is -2.42. The van der Waals surface area contributed by atoms with E-state index in [9.17, 15) is 19.5 Å². The number of carbonyl (C=O) groups is 3. The lowest BCUT2D eigenvalue weighted by molar-refractivity contribution is -0.132. The highest BCUT2D eigenvalue weighted by Crippen LogP contribution is 2.45. The zero-order valence-corrected chi connectivity index (χ0v) is 19.8. The predicted molar refractivity (Wildman–Crippen MR) is 122 cm³/mol. The molecule has 168 valence electrons. The molecule has 1 aromatic carbocycles. The molecule has 0 spiro atoms. The van der Waals surface area contributed by atoms with Crippen molar-refractivity contribution in [2.24, 2.45) is 17.3 Å². The summed E-state index contributed by atoms with van der Waals surface area (Å²) in [6, 6.07) is 0. The fourth-order valence-corrected chi connectivity index (χ4v) is 4.32. The second kappa shape index (κ2) is 9.82. The van der Waals surface area contributed by atoms with Gasteiger partial charge in [-0.2, -0.15) is 0 Å². The van der Waals surface area contributed by atoms with Gasteiger partial charge < -0.3 is 9.84 Å². The molecule has 0 saturated heterocycles. The summed E-state index contributed by atoms with van der Waals surface area (Å²) in [5.41, 5.74) is 1.39. The largest absolute Gasteiger partial charge is 0.507 e. The van der Waals surface area contributed by atoms with E-state index >= 15 is 0 Å². The topological polar surface area (TPSA) is 80.7 Å². The molecule has 3 atom stereocenters. The zero-order valence-electron chi connectivity index (χ0n) is 19.0. The van der Waals surface area contributed by atoms with Gasteiger partial charge in [0.25, 0.3) is 0 Å². The normalized spacial score (nSPS) is 24.5. The number of esters is 1. The average Bonchev–Trinajstić information content (AvgIpc) is 2.71. The highest BCUT2D eigenvalue weighted by Gasteiger charge is 2.41. The van der Waals surface area contributed by atoms with Gasteiger partial charge in [0.15, 0.2) is 12.0 Å². The van der Waals surface area contributed by atoms with E-state index in [1.807, 2.05) is 26.0 Å². The summed E-state index contributed by atoms with van der Waals surface area (Å²) in [7, 11) is 0. The van der Waals surface area contributed by atoms with Crippen molar-refractivity contribution in [3.8, 4) is 11.5 Å². The summed E-state index contributed by atoms with van der Waals surface area (Å²) in [5.74, 6) is -0.123. The van der Waals surface area contributed by atoms with Crippen LogP contribution < -0.4 is 4.74 Å². The number of ether oxygens (including phenoxy) is 1. The van der Waals surface area contributed by atoms with Gasteiger partial charge in [-0.1, -0.05) is 56.2 Å². The van der Waals surface area contributed by atoms with E-state index < -0.39 is 5.97 Å². The van der Waals surface area contributed by atoms with Crippen molar-refractivity contribution in [1.82, 2.24) is 0 Å². The third-order valence-electron chi connectivity index (χ3n) is 6.75. The molecule has 1 fully saturated rings. The van der Waals surface area contributed by atoms with Gasteiger partial charge >= 0.3 is 5.97 Å². The number of halogens is 1.